The molecular weight excluding hydrogens is 549 g/mol. The average Bonchev–Trinajstić information content (AvgIpc) is 3.36. The van der Waals surface area contributed by atoms with Gasteiger partial charge in [0.05, 0.1) is 38.9 Å². The first-order valence-corrected chi connectivity index (χ1v) is 12.9. The highest BCUT2D eigenvalue weighted by Crippen LogP contribution is 2.33. The minimum Gasteiger partial charge on any atom is -0.496 e. The van der Waals surface area contributed by atoms with Gasteiger partial charge >= 0.3 is 0 Å². The van der Waals surface area contributed by atoms with Gasteiger partial charge in [0, 0.05) is 33.4 Å². The number of carbonyl (C=O) groups excluding carboxylic acids is 1. The maximum absolute atomic E-state index is 12.6. The fourth-order valence-corrected chi connectivity index (χ4v) is 4.46. The van der Waals surface area contributed by atoms with Crippen LogP contribution in [0.4, 0.5) is 0 Å². The van der Waals surface area contributed by atoms with Crippen LogP contribution in [0.1, 0.15) is 5.56 Å². The van der Waals surface area contributed by atoms with E-state index in [-0.39, 0.29) is 11.7 Å². The molecule has 0 bridgehead atoms. The lowest BCUT2D eigenvalue weighted by atomic mass is 10.2. The molecule has 0 aliphatic rings. The minimum absolute atomic E-state index is 0.0422. The number of carbonyl (C=O) groups is 1. The first kappa shape index (κ1) is 27.3. The van der Waals surface area contributed by atoms with Crippen LogP contribution in [-0.4, -0.2) is 54.0 Å². The molecule has 0 unspecified atom stereocenters. The fraction of sp³-hybridized carbons (Fsp3) is 0.154. The van der Waals surface area contributed by atoms with Crippen molar-refractivity contribution < 1.29 is 19.0 Å². The third kappa shape index (κ3) is 6.39. The molecule has 1 aromatic heterocycles. The number of hydrogen-bond acceptors (Lipinski definition) is 8. The number of aromatic nitrogens is 3. The van der Waals surface area contributed by atoms with E-state index in [1.165, 1.54) is 32.2 Å². The largest absolute Gasteiger partial charge is 0.496 e. The molecule has 0 fully saturated rings. The van der Waals surface area contributed by atoms with Crippen LogP contribution >= 0.6 is 35.0 Å². The molecule has 0 radical (unpaired) electrons. The van der Waals surface area contributed by atoms with Crippen LogP contribution < -0.4 is 19.6 Å². The molecule has 4 aromatic rings. The first-order chi connectivity index (χ1) is 18.4. The minimum atomic E-state index is -0.337. The second-order valence-electron chi connectivity index (χ2n) is 7.65. The molecule has 0 saturated carbocycles. The number of ether oxygens (including phenoxy) is 3. The Balaban J connectivity index is 1.51. The maximum atomic E-state index is 12.6. The lowest BCUT2D eigenvalue weighted by Crippen LogP contribution is -2.20. The van der Waals surface area contributed by atoms with Crippen LogP contribution in [0.3, 0.4) is 0 Å². The number of rotatable bonds is 10. The summed E-state index contributed by atoms with van der Waals surface area (Å²) < 4.78 is 17.9. The van der Waals surface area contributed by atoms with Crippen LogP contribution in [0.5, 0.6) is 17.2 Å². The highest BCUT2D eigenvalue weighted by Gasteiger charge is 2.18. The van der Waals surface area contributed by atoms with Gasteiger partial charge in [-0.15, -0.1) is 10.2 Å². The van der Waals surface area contributed by atoms with Gasteiger partial charge in [-0.05, 0) is 48.5 Å². The van der Waals surface area contributed by atoms with Crippen molar-refractivity contribution in [2.45, 2.75) is 5.16 Å². The Morgan fingerprint density at radius 3 is 2.13 bits per heavy atom. The molecule has 38 heavy (non-hydrogen) atoms. The monoisotopic (exact) mass is 571 g/mol. The number of hydrogen-bond donors (Lipinski definition) is 1. The number of nitrogens with one attached hydrogen (secondary N) is 1. The molecule has 0 aliphatic carbocycles. The summed E-state index contributed by atoms with van der Waals surface area (Å²) in [7, 11) is 4.60. The van der Waals surface area contributed by atoms with Crippen LogP contribution in [0.25, 0.3) is 17.1 Å². The van der Waals surface area contributed by atoms with Gasteiger partial charge in [-0.1, -0.05) is 35.0 Å². The van der Waals surface area contributed by atoms with Crippen molar-refractivity contribution in [2.75, 3.05) is 27.1 Å². The quantitative estimate of drug-likeness (QED) is 0.152. The summed E-state index contributed by atoms with van der Waals surface area (Å²) in [5, 5.41) is 14.5. The lowest BCUT2D eigenvalue weighted by Gasteiger charge is -2.12. The number of methoxy groups -OCH3 is 3. The maximum Gasteiger partial charge on any atom is 0.250 e. The molecule has 1 N–H and O–H groups in total. The van der Waals surface area contributed by atoms with E-state index >= 15 is 0 Å². The van der Waals surface area contributed by atoms with Crippen molar-refractivity contribution in [3.63, 3.8) is 0 Å². The summed E-state index contributed by atoms with van der Waals surface area (Å²) in [4.78, 5) is 12.6. The van der Waals surface area contributed by atoms with E-state index in [1.807, 2.05) is 28.8 Å². The van der Waals surface area contributed by atoms with Crippen molar-refractivity contribution in [3.8, 4) is 34.3 Å². The number of nitrogens with zero attached hydrogens (tertiary/aromatic N) is 4. The smallest absolute Gasteiger partial charge is 0.250 e. The molecule has 3 aromatic carbocycles. The van der Waals surface area contributed by atoms with Gasteiger partial charge in [-0.2, -0.15) is 5.10 Å². The SMILES string of the molecule is COc1cc(OC)c(/C=N/NC(=O)CSc2nnc(-c3ccc(Cl)cc3)n2-c2ccc(Cl)cc2)c(OC)c1. The summed E-state index contributed by atoms with van der Waals surface area (Å²) >= 11 is 13.4. The Labute approximate surface area is 233 Å². The fourth-order valence-electron chi connectivity index (χ4n) is 3.46. The van der Waals surface area contributed by atoms with Crippen molar-refractivity contribution in [2.24, 2.45) is 5.10 Å². The number of hydrazone groups is 1. The van der Waals surface area contributed by atoms with Gasteiger partial charge in [-0.3, -0.25) is 9.36 Å². The Hall–Kier alpha value is -3.73. The van der Waals surface area contributed by atoms with Crippen LogP contribution in [0.15, 0.2) is 70.9 Å². The van der Waals surface area contributed by atoms with Crippen LogP contribution in [0.2, 0.25) is 10.0 Å². The molecule has 4 rings (SSSR count). The highest BCUT2D eigenvalue weighted by atomic mass is 35.5. The topological polar surface area (TPSA) is 99.9 Å². The first-order valence-electron chi connectivity index (χ1n) is 11.2. The Morgan fingerprint density at radius 2 is 1.55 bits per heavy atom. The van der Waals surface area contributed by atoms with Crippen LogP contribution in [-0.2, 0) is 4.79 Å². The standard InChI is InChI=1S/C26H23Cl2N5O4S/c1-35-20-12-22(36-2)21(23(13-20)37-3)14-29-30-24(34)15-38-26-32-31-25(16-4-6-17(27)7-5-16)33(26)19-10-8-18(28)9-11-19/h4-14H,15H2,1-3H3,(H,30,34)/b29-14+. The normalized spacial score (nSPS) is 11.0. The van der Waals surface area contributed by atoms with E-state index in [2.05, 4.69) is 20.7 Å². The predicted octanol–water partition coefficient (Wildman–Crippen LogP) is 5.51. The molecule has 1 amide bonds. The zero-order valence-corrected chi connectivity index (χ0v) is 23.0. The number of amides is 1. The van der Waals surface area contributed by atoms with E-state index < -0.39 is 0 Å². The van der Waals surface area contributed by atoms with Crippen molar-refractivity contribution in [3.05, 3.63) is 76.3 Å². The summed E-state index contributed by atoms with van der Waals surface area (Å²) in [5.41, 5.74) is 4.69. The Kier molecular flexibility index (Phi) is 9.11. The number of halogens is 2. The molecule has 1 heterocycles. The average molecular weight is 572 g/mol. The summed E-state index contributed by atoms with van der Waals surface area (Å²) in [5.74, 6) is 1.85. The Bertz CT molecular complexity index is 1420. The molecule has 196 valence electrons. The highest BCUT2D eigenvalue weighted by molar-refractivity contribution is 7.99. The van der Waals surface area contributed by atoms with Crippen molar-refractivity contribution in [1.29, 1.82) is 0 Å². The molecule has 0 aliphatic heterocycles. The van der Waals surface area contributed by atoms with Gasteiger partial charge in [0.15, 0.2) is 11.0 Å². The number of benzene rings is 3. The zero-order chi connectivity index (χ0) is 27.1. The zero-order valence-electron chi connectivity index (χ0n) is 20.6. The lowest BCUT2D eigenvalue weighted by molar-refractivity contribution is -0.118. The third-order valence-corrected chi connectivity index (χ3v) is 6.72. The number of thioether (sulfide) groups is 1. The molecule has 12 heteroatoms. The Morgan fingerprint density at radius 1 is 0.947 bits per heavy atom. The van der Waals surface area contributed by atoms with E-state index in [4.69, 9.17) is 37.4 Å². The van der Waals surface area contributed by atoms with Gasteiger partial charge < -0.3 is 14.2 Å². The van der Waals surface area contributed by atoms with Gasteiger partial charge in [0.1, 0.15) is 17.2 Å². The van der Waals surface area contributed by atoms with E-state index in [9.17, 15) is 4.79 Å². The third-order valence-electron chi connectivity index (χ3n) is 5.29. The van der Waals surface area contributed by atoms with Gasteiger partial charge in [0.25, 0.3) is 5.91 Å². The molecule has 9 nitrogen and oxygen atoms in total. The van der Waals surface area contributed by atoms with Gasteiger partial charge in [-0.25, -0.2) is 5.43 Å². The molecule has 0 atom stereocenters. The molecule has 0 spiro atoms. The molecule has 0 saturated heterocycles. The van der Waals surface area contributed by atoms with Crippen molar-refractivity contribution in [1.82, 2.24) is 20.2 Å². The second kappa shape index (κ2) is 12.7. The summed E-state index contributed by atoms with van der Waals surface area (Å²) in [6, 6.07) is 17.9. The van der Waals surface area contributed by atoms with Crippen LogP contribution in [0, 0.1) is 0 Å². The van der Waals surface area contributed by atoms with Gasteiger partial charge in [0.2, 0.25) is 0 Å². The van der Waals surface area contributed by atoms with E-state index in [1.54, 1.807) is 43.5 Å². The summed E-state index contributed by atoms with van der Waals surface area (Å²) in [6.45, 7) is 0. The van der Waals surface area contributed by atoms with Crippen molar-refractivity contribution >= 4 is 47.1 Å². The van der Waals surface area contributed by atoms with E-state index in [0.717, 1.165) is 11.3 Å². The summed E-state index contributed by atoms with van der Waals surface area (Å²) in [6.07, 6.45) is 1.45. The van der Waals surface area contributed by atoms with E-state index in [0.29, 0.717) is 43.8 Å². The predicted molar refractivity (Wildman–Crippen MR) is 149 cm³/mol. The molecular formula is C26H23Cl2N5O4S. The second-order valence-corrected chi connectivity index (χ2v) is 9.47.